The molecule has 4 heteroatoms. The normalized spacial score (nSPS) is 25.1. The molecule has 1 fully saturated rings. The quantitative estimate of drug-likeness (QED) is 0.546. The van der Waals surface area contributed by atoms with Gasteiger partial charge in [-0.15, -0.1) is 6.58 Å². The lowest BCUT2D eigenvalue weighted by Gasteiger charge is -2.27. The van der Waals surface area contributed by atoms with E-state index in [0.717, 1.165) is 31.0 Å². The van der Waals surface area contributed by atoms with Gasteiger partial charge in [0.05, 0.1) is 6.04 Å². The van der Waals surface area contributed by atoms with Gasteiger partial charge in [-0.1, -0.05) is 13.0 Å². The molecular formula is C12H22N2OS. The zero-order valence-electron chi connectivity index (χ0n) is 10.00. The molecule has 1 amide bonds. The first-order valence-corrected chi connectivity index (χ1v) is 7.09. The topological polar surface area (TPSA) is 41.1 Å². The first-order chi connectivity index (χ1) is 7.74. The van der Waals surface area contributed by atoms with Crippen LogP contribution in [0.4, 0.5) is 0 Å². The summed E-state index contributed by atoms with van der Waals surface area (Å²) in [6, 6.07) is 0.0214. The minimum absolute atomic E-state index is 0.0214. The lowest BCUT2D eigenvalue weighted by molar-refractivity contribution is -0.123. The molecule has 92 valence electrons. The van der Waals surface area contributed by atoms with Gasteiger partial charge in [0.25, 0.3) is 0 Å². The second-order valence-corrected chi connectivity index (χ2v) is 5.44. The molecule has 1 saturated heterocycles. The van der Waals surface area contributed by atoms with Crippen LogP contribution in [-0.4, -0.2) is 36.5 Å². The molecule has 1 aliphatic heterocycles. The number of carbonyl (C=O) groups is 1. The van der Waals surface area contributed by atoms with Crippen molar-refractivity contribution in [3.63, 3.8) is 0 Å². The monoisotopic (exact) mass is 242 g/mol. The van der Waals surface area contributed by atoms with Gasteiger partial charge in [0.1, 0.15) is 0 Å². The minimum atomic E-state index is 0.0214. The summed E-state index contributed by atoms with van der Waals surface area (Å²) in [4.78, 5) is 11.8. The highest BCUT2D eigenvalue weighted by Crippen LogP contribution is 2.14. The molecule has 0 aliphatic carbocycles. The molecule has 0 aromatic heterocycles. The number of nitrogens with one attached hydrogen (secondary N) is 2. The van der Waals surface area contributed by atoms with Gasteiger partial charge in [-0.25, -0.2) is 0 Å². The largest absolute Gasteiger partial charge is 0.354 e. The predicted octanol–water partition coefficient (Wildman–Crippen LogP) is 1.41. The maximum atomic E-state index is 11.8. The van der Waals surface area contributed by atoms with Crippen molar-refractivity contribution < 1.29 is 4.79 Å². The second-order valence-electron chi connectivity index (χ2n) is 4.29. The van der Waals surface area contributed by atoms with Gasteiger partial charge in [-0.05, 0) is 25.3 Å². The maximum Gasteiger partial charge on any atom is 0.237 e. The zero-order chi connectivity index (χ0) is 11.8. The molecule has 2 unspecified atom stereocenters. The lowest BCUT2D eigenvalue weighted by Crippen LogP contribution is -2.48. The Labute approximate surface area is 102 Å². The van der Waals surface area contributed by atoms with Gasteiger partial charge < -0.3 is 10.6 Å². The fraction of sp³-hybridized carbons (Fsp3) is 0.750. The van der Waals surface area contributed by atoms with Crippen LogP contribution in [0.1, 0.15) is 19.8 Å². The van der Waals surface area contributed by atoms with Crippen LogP contribution >= 0.6 is 11.8 Å². The summed E-state index contributed by atoms with van der Waals surface area (Å²) in [5, 5.41) is 6.24. The van der Waals surface area contributed by atoms with Gasteiger partial charge in [0, 0.05) is 18.1 Å². The van der Waals surface area contributed by atoms with Crippen LogP contribution in [0.15, 0.2) is 12.7 Å². The van der Waals surface area contributed by atoms with E-state index in [9.17, 15) is 4.79 Å². The first-order valence-electron chi connectivity index (χ1n) is 5.93. The summed E-state index contributed by atoms with van der Waals surface area (Å²) >= 11 is 1.79. The lowest BCUT2D eigenvalue weighted by atomic mass is 9.94. The van der Waals surface area contributed by atoms with Crippen molar-refractivity contribution in [2.24, 2.45) is 5.92 Å². The number of piperidine rings is 1. The van der Waals surface area contributed by atoms with Crippen LogP contribution < -0.4 is 10.6 Å². The molecule has 0 aromatic rings. The third-order valence-electron chi connectivity index (χ3n) is 2.76. The molecule has 16 heavy (non-hydrogen) atoms. The van der Waals surface area contributed by atoms with E-state index in [2.05, 4.69) is 24.1 Å². The number of amides is 1. The average Bonchev–Trinajstić information content (AvgIpc) is 2.28. The molecule has 0 spiro atoms. The zero-order valence-corrected chi connectivity index (χ0v) is 10.8. The number of hydrogen-bond donors (Lipinski definition) is 2. The Morgan fingerprint density at radius 2 is 2.50 bits per heavy atom. The SMILES string of the molecule is C=CCSCCNC(=O)C1CC(C)CCN1. The molecular weight excluding hydrogens is 220 g/mol. The van der Waals surface area contributed by atoms with Crippen LogP contribution in [0.3, 0.4) is 0 Å². The van der Waals surface area contributed by atoms with Crippen LogP contribution in [0, 0.1) is 5.92 Å². The Balaban J connectivity index is 2.11. The van der Waals surface area contributed by atoms with Crippen LogP contribution in [-0.2, 0) is 4.79 Å². The Bertz CT molecular complexity index is 233. The van der Waals surface area contributed by atoms with E-state index in [4.69, 9.17) is 0 Å². The molecule has 1 rings (SSSR count). The minimum Gasteiger partial charge on any atom is -0.354 e. The van der Waals surface area contributed by atoms with Crippen LogP contribution in [0.25, 0.3) is 0 Å². The molecule has 0 aromatic carbocycles. The summed E-state index contributed by atoms with van der Waals surface area (Å²) in [5.41, 5.74) is 0. The molecule has 0 radical (unpaired) electrons. The predicted molar refractivity (Wildman–Crippen MR) is 70.7 cm³/mol. The van der Waals surface area contributed by atoms with E-state index in [1.54, 1.807) is 11.8 Å². The Morgan fingerprint density at radius 3 is 3.19 bits per heavy atom. The van der Waals surface area contributed by atoms with Gasteiger partial charge in [0.2, 0.25) is 5.91 Å². The second kappa shape index (κ2) is 7.74. The van der Waals surface area contributed by atoms with Crippen molar-refractivity contribution in [3.05, 3.63) is 12.7 Å². The van der Waals surface area contributed by atoms with Crippen molar-refractivity contribution >= 4 is 17.7 Å². The van der Waals surface area contributed by atoms with Crippen molar-refractivity contribution in [1.82, 2.24) is 10.6 Å². The molecule has 1 heterocycles. The summed E-state index contributed by atoms with van der Waals surface area (Å²) < 4.78 is 0. The van der Waals surface area contributed by atoms with Crippen molar-refractivity contribution in [2.45, 2.75) is 25.8 Å². The van der Waals surface area contributed by atoms with Crippen LogP contribution in [0.5, 0.6) is 0 Å². The first kappa shape index (κ1) is 13.6. The fourth-order valence-electron chi connectivity index (χ4n) is 1.84. The average molecular weight is 242 g/mol. The Kier molecular flexibility index (Phi) is 6.57. The van der Waals surface area contributed by atoms with Crippen molar-refractivity contribution in [2.75, 3.05) is 24.6 Å². The van der Waals surface area contributed by atoms with Gasteiger partial charge in [-0.2, -0.15) is 11.8 Å². The third kappa shape index (κ3) is 5.03. The molecule has 1 aliphatic rings. The van der Waals surface area contributed by atoms with Gasteiger partial charge in [-0.3, -0.25) is 4.79 Å². The summed E-state index contributed by atoms with van der Waals surface area (Å²) in [6.07, 6.45) is 4.03. The molecule has 0 bridgehead atoms. The van der Waals surface area contributed by atoms with Gasteiger partial charge >= 0.3 is 0 Å². The van der Waals surface area contributed by atoms with Crippen LogP contribution in [0.2, 0.25) is 0 Å². The van der Waals surface area contributed by atoms with E-state index in [0.29, 0.717) is 5.92 Å². The summed E-state index contributed by atoms with van der Waals surface area (Å²) in [6.45, 7) is 7.58. The number of rotatable bonds is 6. The molecule has 3 nitrogen and oxygen atoms in total. The maximum absolute atomic E-state index is 11.8. The third-order valence-corrected chi connectivity index (χ3v) is 3.73. The summed E-state index contributed by atoms with van der Waals surface area (Å²) in [7, 11) is 0. The Morgan fingerprint density at radius 1 is 1.69 bits per heavy atom. The van der Waals surface area contributed by atoms with Gasteiger partial charge in [0.15, 0.2) is 0 Å². The highest BCUT2D eigenvalue weighted by molar-refractivity contribution is 7.99. The Hall–Kier alpha value is -0.480. The van der Waals surface area contributed by atoms with E-state index in [1.807, 2.05) is 6.08 Å². The number of hydrogen-bond acceptors (Lipinski definition) is 3. The smallest absolute Gasteiger partial charge is 0.237 e. The van der Waals surface area contributed by atoms with E-state index in [1.165, 1.54) is 6.42 Å². The highest BCUT2D eigenvalue weighted by Gasteiger charge is 2.23. The van der Waals surface area contributed by atoms with Crippen molar-refractivity contribution in [1.29, 1.82) is 0 Å². The molecule has 2 N–H and O–H groups in total. The van der Waals surface area contributed by atoms with Crippen molar-refractivity contribution in [3.8, 4) is 0 Å². The fourth-order valence-corrected chi connectivity index (χ4v) is 2.42. The van der Waals surface area contributed by atoms with E-state index < -0.39 is 0 Å². The number of carbonyl (C=O) groups excluding carboxylic acids is 1. The standard InChI is InChI=1S/C12H22N2OS/c1-3-7-16-8-6-14-12(15)11-9-10(2)4-5-13-11/h3,10-11,13H,1,4-9H2,2H3,(H,14,15). The molecule has 0 saturated carbocycles. The highest BCUT2D eigenvalue weighted by atomic mass is 32.2. The summed E-state index contributed by atoms with van der Waals surface area (Å²) in [5.74, 6) is 2.73. The van der Waals surface area contributed by atoms with E-state index in [-0.39, 0.29) is 11.9 Å². The molecule has 2 atom stereocenters. The number of thioether (sulfide) groups is 1. The van der Waals surface area contributed by atoms with E-state index >= 15 is 0 Å².